The van der Waals surface area contributed by atoms with Crippen molar-refractivity contribution in [2.24, 2.45) is 0 Å². The van der Waals surface area contributed by atoms with Gasteiger partial charge in [-0.15, -0.1) is 0 Å². The number of nitrogens with zero attached hydrogens (tertiary/aromatic N) is 3. The van der Waals surface area contributed by atoms with Crippen LogP contribution in [0.4, 0.5) is 5.13 Å². The van der Waals surface area contributed by atoms with Crippen LogP contribution >= 0.6 is 11.3 Å². The highest BCUT2D eigenvalue weighted by molar-refractivity contribution is 7.22. The van der Waals surface area contributed by atoms with Gasteiger partial charge in [-0.1, -0.05) is 31.3 Å². The van der Waals surface area contributed by atoms with E-state index in [0.717, 1.165) is 41.2 Å². The third-order valence-electron chi connectivity index (χ3n) is 5.48. The quantitative estimate of drug-likeness (QED) is 0.379. The van der Waals surface area contributed by atoms with Gasteiger partial charge in [0.2, 0.25) is 0 Å². The van der Waals surface area contributed by atoms with Crippen LogP contribution in [-0.2, 0) is 4.79 Å². The van der Waals surface area contributed by atoms with Crippen molar-refractivity contribution >= 4 is 32.6 Å². The molecule has 0 atom stereocenters. The zero-order valence-electron chi connectivity index (χ0n) is 20.1. The first kappa shape index (κ1) is 24.8. The van der Waals surface area contributed by atoms with Gasteiger partial charge in [-0.2, -0.15) is 0 Å². The fraction of sp³-hybridized carbons (Fsp3) is 0.440. The first-order valence-electron chi connectivity index (χ1n) is 11.3. The molecule has 1 amide bonds. The van der Waals surface area contributed by atoms with Crippen LogP contribution in [0.1, 0.15) is 26.3 Å². The monoisotopic (exact) mass is 471 g/mol. The standard InChI is InChI=1S/C25H33N3O4S/c1-6-27(7-2)15-16-28(22(29)17-32-20-12-10-19(11-13-20)31-8-3)25-26-23-21(30-5)14-9-18(4)24(23)33-25/h9-14H,6-8,15-17H2,1-5H3. The Morgan fingerprint density at radius 1 is 0.970 bits per heavy atom. The normalized spacial score (nSPS) is 11.1. The smallest absolute Gasteiger partial charge is 0.266 e. The van der Waals surface area contributed by atoms with Crippen molar-refractivity contribution in [3.63, 3.8) is 0 Å². The van der Waals surface area contributed by atoms with Gasteiger partial charge >= 0.3 is 0 Å². The summed E-state index contributed by atoms with van der Waals surface area (Å²) < 4.78 is 17.8. The molecule has 0 bridgehead atoms. The Labute approximate surface area is 199 Å². The molecule has 0 fully saturated rings. The molecule has 1 heterocycles. The number of hydrogen-bond acceptors (Lipinski definition) is 7. The third kappa shape index (κ3) is 6.15. The predicted octanol–water partition coefficient (Wildman–Crippen LogP) is 4.77. The second-order valence-corrected chi connectivity index (χ2v) is 8.50. The van der Waals surface area contributed by atoms with Crippen LogP contribution in [0.5, 0.6) is 17.2 Å². The van der Waals surface area contributed by atoms with Crippen molar-refractivity contribution in [3.8, 4) is 17.2 Å². The number of aromatic nitrogens is 1. The van der Waals surface area contributed by atoms with Gasteiger partial charge in [0.25, 0.3) is 5.91 Å². The number of aryl methyl sites for hydroxylation is 1. The van der Waals surface area contributed by atoms with Crippen molar-refractivity contribution in [2.45, 2.75) is 27.7 Å². The number of rotatable bonds is 12. The molecule has 0 spiro atoms. The lowest BCUT2D eigenvalue weighted by Gasteiger charge is -2.24. The number of ether oxygens (including phenoxy) is 3. The number of hydrogen-bond donors (Lipinski definition) is 0. The highest BCUT2D eigenvalue weighted by Gasteiger charge is 2.22. The van der Waals surface area contributed by atoms with E-state index in [1.807, 2.05) is 50.2 Å². The van der Waals surface area contributed by atoms with Gasteiger partial charge < -0.3 is 19.1 Å². The number of fused-ring (bicyclic) bond motifs is 1. The molecule has 8 heteroatoms. The first-order valence-corrected chi connectivity index (χ1v) is 12.1. The average molecular weight is 472 g/mol. The van der Waals surface area contributed by atoms with Crippen molar-refractivity contribution in [3.05, 3.63) is 42.0 Å². The Hall–Kier alpha value is -2.84. The highest BCUT2D eigenvalue weighted by Crippen LogP contribution is 2.36. The fourth-order valence-corrected chi connectivity index (χ4v) is 4.60. The Kier molecular flexibility index (Phi) is 8.91. The second-order valence-electron chi connectivity index (χ2n) is 7.52. The summed E-state index contributed by atoms with van der Waals surface area (Å²) in [6.45, 7) is 11.9. The largest absolute Gasteiger partial charge is 0.494 e. The molecular formula is C25H33N3O4S. The van der Waals surface area contributed by atoms with Crippen LogP contribution < -0.4 is 19.1 Å². The molecule has 0 aliphatic heterocycles. The maximum atomic E-state index is 13.3. The van der Waals surface area contributed by atoms with E-state index in [0.29, 0.717) is 29.8 Å². The number of amides is 1. The summed E-state index contributed by atoms with van der Waals surface area (Å²) in [5, 5.41) is 0.657. The molecule has 3 aromatic rings. The van der Waals surface area contributed by atoms with Crippen LogP contribution in [0.2, 0.25) is 0 Å². The molecule has 0 unspecified atom stereocenters. The van der Waals surface area contributed by atoms with Crippen LogP contribution in [0.15, 0.2) is 36.4 Å². The van der Waals surface area contributed by atoms with Crippen LogP contribution in [-0.4, -0.2) is 62.3 Å². The molecule has 0 radical (unpaired) electrons. The van der Waals surface area contributed by atoms with Crippen molar-refractivity contribution < 1.29 is 19.0 Å². The SMILES string of the molecule is CCOc1ccc(OCC(=O)N(CCN(CC)CC)c2nc3c(OC)ccc(C)c3s2)cc1. The summed E-state index contributed by atoms with van der Waals surface area (Å²) in [5.41, 5.74) is 1.89. The number of likely N-dealkylation sites (N-methyl/N-ethyl adjacent to an activating group) is 1. The van der Waals surface area contributed by atoms with Crippen molar-refractivity contribution in [1.82, 2.24) is 9.88 Å². The number of benzene rings is 2. The molecule has 0 saturated carbocycles. The van der Waals surface area contributed by atoms with Gasteiger partial charge in [0.05, 0.1) is 18.4 Å². The molecular weight excluding hydrogens is 438 g/mol. The van der Waals surface area contributed by atoms with E-state index in [-0.39, 0.29) is 12.5 Å². The predicted molar refractivity (Wildman–Crippen MR) is 134 cm³/mol. The van der Waals surface area contributed by atoms with E-state index in [2.05, 4.69) is 18.7 Å². The molecule has 1 aromatic heterocycles. The van der Waals surface area contributed by atoms with Gasteiger partial charge in [-0.25, -0.2) is 4.98 Å². The van der Waals surface area contributed by atoms with E-state index in [4.69, 9.17) is 19.2 Å². The summed E-state index contributed by atoms with van der Waals surface area (Å²) in [5.74, 6) is 1.97. The second kappa shape index (κ2) is 11.9. The number of carbonyl (C=O) groups is 1. The molecule has 0 aliphatic carbocycles. The summed E-state index contributed by atoms with van der Waals surface area (Å²) in [6.07, 6.45) is 0. The minimum atomic E-state index is -0.133. The zero-order valence-corrected chi connectivity index (χ0v) is 20.9. The van der Waals surface area contributed by atoms with Crippen LogP contribution in [0, 0.1) is 6.92 Å². The van der Waals surface area contributed by atoms with E-state index in [9.17, 15) is 4.79 Å². The van der Waals surface area contributed by atoms with Gasteiger partial charge in [0.15, 0.2) is 11.7 Å². The first-order chi connectivity index (χ1) is 16.0. The summed E-state index contributed by atoms with van der Waals surface area (Å²) in [6, 6.07) is 11.2. The minimum absolute atomic E-state index is 0.0712. The zero-order chi connectivity index (χ0) is 23.8. The Morgan fingerprint density at radius 2 is 1.64 bits per heavy atom. The molecule has 0 aliphatic rings. The van der Waals surface area contributed by atoms with Gasteiger partial charge in [0, 0.05) is 13.1 Å². The Bertz CT molecular complexity index is 1050. The molecule has 0 saturated heterocycles. The lowest BCUT2D eigenvalue weighted by atomic mass is 10.2. The molecule has 7 nitrogen and oxygen atoms in total. The van der Waals surface area contributed by atoms with Crippen molar-refractivity contribution in [1.29, 1.82) is 0 Å². The molecule has 3 rings (SSSR count). The maximum absolute atomic E-state index is 13.3. The number of carbonyl (C=O) groups excluding carboxylic acids is 1. The molecule has 33 heavy (non-hydrogen) atoms. The lowest BCUT2D eigenvalue weighted by Crippen LogP contribution is -2.41. The van der Waals surface area contributed by atoms with Crippen molar-refractivity contribution in [2.75, 3.05) is 51.4 Å². The fourth-order valence-electron chi connectivity index (χ4n) is 3.51. The summed E-state index contributed by atoms with van der Waals surface area (Å²) in [7, 11) is 1.64. The third-order valence-corrected chi connectivity index (χ3v) is 6.69. The molecule has 0 N–H and O–H groups in total. The molecule has 2 aromatic carbocycles. The summed E-state index contributed by atoms with van der Waals surface area (Å²) >= 11 is 1.51. The van der Waals surface area contributed by atoms with Gasteiger partial charge in [-0.3, -0.25) is 9.69 Å². The Balaban J connectivity index is 1.82. The van der Waals surface area contributed by atoms with Gasteiger partial charge in [0.1, 0.15) is 22.8 Å². The summed E-state index contributed by atoms with van der Waals surface area (Å²) in [4.78, 5) is 22.1. The average Bonchev–Trinajstić information content (AvgIpc) is 3.28. The minimum Gasteiger partial charge on any atom is -0.494 e. The van der Waals surface area contributed by atoms with E-state index < -0.39 is 0 Å². The highest BCUT2D eigenvalue weighted by atomic mass is 32.1. The number of thiazole rings is 1. The maximum Gasteiger partial charge on any atom is 0.266 e. The van der Waals surface area contributed by atoms with E-state index in [1.54, 1.807) is 12.0 Å². The van der Waals surface area contributed by atoms with Crippen LogP contribution in [0.25, 0.3) is 10.2 Å². The molecule has 178 valence electrons. The number of methoxy groups -OCH3 is 1. The number of anilines is 1. The Morgan fingerprint density at radius 3 is 2.24 bits per heavy atom. The van der Waals surface area contributed by atoms with E-state index in [1.165, 1.54) is 11.3 Å². The van der Waals surface area contributed by atoms with Crippen LogP contribution in [0.3, 0.4) is 0 Å². The van der Waals surface area contributed by atoms with E-state index >= 15 is 0 Å². The lowest BCUT2D eigenvalue weighted by molar-refractivity contribution is -0.120. The topological polar surface area (TPSA) is 64.1 Å². The van der Waals surface area contributed by atoms with Gasteiger partial charge in [-0.05, 0) is 62.8 Å².